The van der Waals surface area contributed by atoms with Crippen LogP contribution in [0.1, 0.15) is 52.3 Å². The fraction of sp³-hybridized carbons (Fsp3) is 0.370. The second-order valence-corrected chi connectivity index (χ2v) is 9.15. The first-order valence-corrected chi connectivity index (χ1v) is 11.6. The van der Waals surface area contributed by atoms with E-state index in [1.807, 2.05) is 48.2 Å². The zero-order valence-electron chi connectivity index (χ0n) is 18.5. The number of likely N-dealkylation sites (tertiary alicyclic amines) is 1. The van der Waals surface area contributed by atoms with E-state index >= 15 is 0 Å². The zero-order valence-corrected chi connectivity index (χ0v) is 18.5. The summed E-state index contributed by atoms with van der Waals surface area (Å²) in [5.41, 5.74) is 4.01. The lowest BCUT2D eigenvalue weighted by molar-refractivity contribution is 0.0700. The topological polar surface area (TPSA) is 55.2 Å². The summed E-state index contributed by atoms with van der Waals surface area (Å²) in [5, 5.41) is 0. The van der Waals surface area contributed by atoms with Crippen LogP contribution < -0.4 is 5.43 Å². The van der Waals surface area contributed by atoms with E-state index in [0.29, 0.717) is 30.5 Å². The molecular formula is C27H29N3O2. The molecule has 164 valence electrons. The minimum Gasteiger partial charge on any atom is -0.342 e. The predicted molar refractivity (Wildman–Crippen MR) is 125 cm³/mol. The van der Waals surface area contributed by atoms with Crippen molar-refractivity contribution in [2.75, 3.05) is 6.54 Å². The van der Waals surface area contributed by atoms with Crippen molar-refractivity contribution < 1.29 is 4.79 Å². The summed E-state index contributed by atoms with van der Waals surface area (Å²) < 4.78 is 2.12. The van der Waals surface area contributed by atoms with E-state index in [-0.39, 0.29) is 11.3 Å². The maximum Gasteiger partial charge on any atom is 0.259 e. The smallest absolute Gasteiger partial charge is 0.259 e. The molecule has 5 nitrogen and oxygen atoms in total. The van der Waals surface area contributed by atoms with Gasteiger partial charge in [0.15, 0.2) is 5.43 Å². The van der Waals surface area contributed by atoms with Crippen molar-refractivity contribution in [3.63, 3.8) is 0 Å². The van der Waals surface area contributed by atoms with Crippen LogP contribution in [0.25, 0.3) is 0 Å². The standard InChI is InChI=1S/C27H29N3O2/c1-19-15-25(31)26(27(32)30-17-21-10-12-23(30)16-21)24(13-11-20-7-3-2-4-8-20)29(19)18-22-9-5-6-14-28-22/h2-9,14-15,21,23H,10-13,16-18H2,1H3. The Morgan fingerprint density at radius 3 is 2.56 bits per heavy atom. The molecule has 2 aromatic heterocycles. The van der Waals surface area contributed by atoms with E-state index in [0.717, 1.165) is 42.9 Å². The molecule has 2 aliphatic rings. The van der Waals surface area contributed by atoms with Gasteiger partial charge in [-0.05, 0) is 62.6 Å². The molecule has 2 unspecified atom stereocenters. The molecule has 32 heavy (non-hydrogen) atoms. The van der Waals surface area contributed by atoms with Crippen molar-refractivity contribution in [1.29, 1.82) is 0 Å². The van der Waals surface area contributed by atoms with Crippen LogP contribution in [0.4, 0.5) is 0 Å². The molecule has 1 aliphatic carbocycles. The Morgan fingerprint density at radius 2 is 1.88 bits per heavy atom. The number of carbonyl (C=O) groups is 1. The number of piperidine rings is 1. The number of amides is 1. The van der Waals surface area contributed by atoms with E-state index in [1.54, 1.807) is 12.3 Å². The largest absolute Gasteiger partial charge is 0.342 e. The highest BCUT2D eigenvalue weighted by atomic mass is 16.2. The highest BCUT2D eigenvalue weighted by Gasteiger charge is 2.41. The van der Waals surface area contributed by atoms with Crippen molar-refractivity contribution >= 4 is 5.91 Å². The number of benzene rings is 1. The van der Waals surface area contributed by atoms with Gasteiger partial charge in [-0.15, -0.1) is 0 Å². The number of fused-ring (bicyclic) bond motifs is 2. The Kier molecular flexibility index (Phi) is 5.64. The quantitative estimate of drug-likeness (QED) is 0.597. The third kappa shape index (κ3) is 3.99. The van der Waals surface area contributed by atoms with Crippen LogP contribution in [0.15, 0.2) is 65.6 Å². The molecule has 1 saturated carbocycles. The number of carbonyl (C=O) groups excluding carboxylic acids is 1. The average molecular weight is 428 g/mol. The molecule has 1 aromatic carbocycles. The Hall–Kier alpha value is -3.21. The van der Waals surface area contributed by atoms with Crippen LogP contribution in [0.5, 0.6) is 0 Å². The molecule has 0 spiro atoms. The summed E-state index contributed by atoms with van der Waals surface area (Å²) in [6, 6.07) is 18.0. The number of hydrogen-bond donors (Lipinski definition) is 0. The third-order valence-electron chi connectivity index (χ3n) is 7.05. The lowest BCUT2D eigenvalue weighted by atomic mass is 10.0. The maximum absolute atomic E-state index is 13.7. The maximum atomic E-state index is 13.7. The van der Waals surface area contributed by atoms with Gasteiger partial charge >= 0.3 is 0 Å². The van der Waals surface area contributed by atoms with Gasteiger partial charge in [-0.2, -0.15) is 0 Å². The highest BCUT2D eigenvalue weighted by Crippen LogP contribution is 2.38. The molecule has 3 heterocycles. The van der Waals surface area contributed by atoms with Crippen molar-refractivity contribution in [1.82, 2.24) is 14.5 Å². The van der Waals surface area contributed by atoms with E-state index in [9.17, 15) is 9.59 Å². The molecule has 1 saturated heterocycles. The molecule has 1 aliphatic heterocycles. The van der Waals surface area contributed by atoms with Gasteiger partial charge in [0.2, 0.25) is 0 Å². The second-order valence-electron chi connectivity index (χ2n) is 9.15. The van der Waals surface area contributed by atoms with Gasteiger partial charge in [0.1, 0.15) is 5.56 Å². The Labute approximate surface area is 188 Å². The lowest BCUT2D eigenvalue weighted by Crippen LogP contribution is -2.41. The van der Waals surface area contributed by atoms with Crippen LogP contribution >= 0.6 is 0 Å². The first-order valence-electron chi connectivity index (χ1n) is 11.6. The van der Waals surface area contributed by atoms with Gasteiger partial charge in [-0.1, -0.05) is 36.4 Å². The summed E-state index contributed by atoms with van der Waals surface area (Å²) >= 11 is 0. The predicted octanol–water partition coefficient (Wildman–Crippen LogP) is 4.01. The number of pyridine rings is 2. The van der Waals surface area contributed by atoms with Gasteiger partial charge in [-0.25, -0.2) is 0 Å². The summed E-state index contributed by atoms with van der Waals surface area (Å²) in [6.07, 6.45) is 6.54. The Balaban J connectivity index is 1.56. The molecule has 2 bridgehead atoms. The summed E-state index contributed by atoms with van der Waals surface area (Å²) in [5.74, 6) is 0.512. The van der Waals surface area contributed by atoms with Crippen LogP contribution in [-0.4, -0.2) is 32.9 Å². The van der Waals surface area contributed by atoms with Crippen LogP contribution in [0.3, 0.4) is 0 Å². The van der Waals surface area contributed by atoms with E-state index in [2.05, 4.69) is 21.7 Å². The minimum atomic E-state index is -0.157. The fourth-order valence-corrected chi connectivity index (χ4v) is 5.42. The molecule has 5 rings (SSSR count). The van der Waals surface area contributed by atoms with Gasteiger partial charge in [0, 0.05) is 36.2 Å². The third-order valence-corrected chi connectivity index (χ3v) is 7.05. The van der Waals surface area contributed by atoms with Crippen molar-refractivity contribution in [2.24, 2.45) is 5.92 Å². The first kappa shape index (κ1) is 20.7. The summed E-state index contributed by atoms with van der Waals surface area (Å²) in [7, 11) is 0. The molecule has 0 N–H and O–H groups in total. The van der Waals surface area contributed by atoms with Crippen molar-refractivity contribution in [2.45, 2.75) is 51.6 Å². The van der Waals surface area contributed by atoms with Gasteiger partial charge in [0.05, 0.1) is 12.2 Å². The molecule has 1 amide bonds. The van der Waals surface area contributed by atoms with E-state index in [1.165, 1.54) is 12.0 Å². The molecule has 5 heteroatoms. The first-order chi connectivity index (χ1) is 15.6. The monoisotopic (exact) mass is 427 g/mol. The molecule has 2 atom stereocenters. The average Bonchev–Trinajstić information content (AvgIpc) is 3.45. The second kappa shape index (κ2) is 8.73. The van der Waals surface area contributed by atoms with Crippen LogP contribution in [-0.2, 0) is 19.4 Å². The molecule has 0 radical (unpaired) electrons. The van der Waals surface area contributed by atoms with Gasteiger partial charge in [-0.3, -0.25) is 14.6 Å². The summed E-state index contributed by atoms with van der Waals surface area (Å²) in [6.45, 7) is 3.28. The minimum absolute atomic E-state index is 0.0833. The van der Waals surface area contributed by atoms with Crippen LogP contribution in [0.2, 0.25) is 0 Å². The van der Waals surface area contributed by atoms with Crippen molar-refractivity contribution in [3.05, 3.63) is 99.2 Å². The number of hydrogen-bond acceptors (Lipinski definition) is 3. The number of rotatable bonds is 6. The Bertz CT molecular complexity index is 1170. The zero-order chi connectivity index (χ0) is 22.1. The molecular weight excluding hydrogens is 398 g/mol. The lowest BCUT2D eigenvalue weighted by Gasteiger charge is -2.29. The molecule has 2 fully saturated rings. The Morgan fingerprint density at radius 1 is 1.06 bits per heavy atom. The fourth-order valence-electron chi connectivity index (χ4n) is 5.42. The van der Waals surface area contributed by atoms with E-state index < -0.39 is 0 Å². The van der Waals surface area contributed by atoms with Crippen molar-refractivity contribution in [3.8, 4) is 0 Å². The highest BCUT2D eigenvalue weighted by molar-refractivity contribution is 5.95. The summed E-state index contributed by atoms with van der Waals surface area (Å²) in [4.78, 5) is 33.4. The number of aryl methyl sites for hydroxylation is 2. The number of aromatic nitrogens is 2. The normalized spacial score (nSPS) is 19.5. The van der Waals surface area contributed by atoms with Crippen LogP contribution in [0, 0.1) is 12.8 Å². The van der Waals surface area contributed by atoms with E-state index in [4.69, 9.17) is 0 Å². The SMILES string of the molecule is Cc1cc(=O)c(C(=O)N2CC3CCC2C3)c(CCc2ccccc2)n1Cc1ccccn1. The molecule has 3 aromatic rings. The number of nitrogens with zero attached hydrogens (tertiary/aromatic N) is 3. The van der Waals surface area contributed by atoms with Gasteiger partial charge in [0.25, 0.3) is 5.91 Å². The van der Waals surface area contributed by atoms with Gasteiger partial charge < -0.3 is 9.47 Å².